The molecule has 3 aromatic rings. The molecule has 0 bridgehead atoms. The number of aryl methyl sites for hydroxylation is 4. The van der Waals surface area contributed by atoms with Gasteiger partial charge in [0.2, 0.25) is 0 Å². The van der Waals surface area contributed by atoms with Crippen molar-refractivity contribution in [1.82, 2.24) is 4.98 Å². The molecule has 5 heteroatoms. The maximum Gasteiger partial charge on any atom is 0.254 e. The van der Waals surface area contributed by atoms with Crippen LogP contribution in [0.25, 0.3) is 0 Å². The summed E-state index contributed by atoms with van der Waals surface area (Å²) < 4.78 is 7.34. The molecule has 5 rings (SSSR count). The highest BCUT2D eigenvalue weighted by Gasteiger charge is 2.49. The van der Waals surface area contributed by atoms with E-state index >= 15 is 0 Å². The third-order valence-corrected chi connectivity index (χ3v) is 14.7. The summed E-state index contributed by atoms with van der Waals surface area (Å²) >= 11 is 0. The Hall–Kier alpha value is -3.05. The van der Waals surface area contributed by atoms with Gasteiger partial charge in [-0.2, -0.15) is 0 Å². The van der Waals surface area contributed by atoms with Gasteiger partial charge in [-0.3, -0.25) is 9.98 Å². The molecular formula is C36H47N3OSi. The first-order valence-corrected chi connectivity index (χ1v) is 18.2. The first-order chi connectivity index (χ1) is 19.7. The lowest BCUT2D eigenvalue weighted by molar-refractivity contribution is 0.483. The fraction of sp³-hybridized carbons (Fsp3) is 0.472. The summed E-state index contributed by atoms with van der Waals surface area (Å²) in [6.07, 6.45) is 10.7. The van der Waals surface area contributed by atoms with Crippen LogP contribution in [0.15, 0.2) is 58.5 Å². The quantitative estimate of drug-likeness (QED) is 0.201. The SMILES string of the molecule is CC(=Nc1c(C)cccc1C)c1cc(O[Si](C)(C2CCCC2)C2CCCC2)cc(C(C)=Nc2c(C)cccc2C)n1. The number of hydrogen-bond donors (Lipinski definition) is 0. The van der Waals surface area contributed by atoms with Crippen molar-refractivity contribution in [2.45, 2.75) is 111 Å². The third kappa shape index (κ3) is 6.40. The van der Waals surface area contributed by atoms with Crippen molar-refractivity contribution in [3.8, 4) is 5.75 Å². The van der Waals surface area contributed by atoms with Crippen molar-refractivity contribution in [1.29, 1.82) is 0 Å². The third-order valence-electron chi connectivity index (χ3n) is 9.65. The molecule has 2 saturated carbocycles. The fourth-order valence-corrected chi connectivity index (χ4v) is 11.8. The van der Waals surface area contributed by atoms with Crippen molar-refractivity contribution in [2.75, 3.05) is 0 Å². The van der Waals surface area contributed by atoms with Crippen LogP contribution in [-0.2, 0) is 0 Å². The topological polar surface area (TPSA) is 46.8 Å². The molecule has 4 nitrogen and oxygen atoms in total. The van der Waals surface area contributed by atoms with Gasteiger partial charge in [-0.15, -0.1) is 0 Å². The molecule has 2 aliphatic carbocycles. The minimum absolute atomic E-state index is 0.736. The Labute approximate surface area is 248 Å². The fourth-order valence-electron chi connectivity index (χ4n) is 7.10. The summed E-state index contributed by atoms with van der Waals surface area (Å²) in [4.78, 5) is 15.4. The van der Waals surface area contributed by atoms with Gasteiger partial charge < -0.3 is 4.43 Å². The molecule has 216 valence electrons. The molecule has 2 aliphatic rings. The van der Waals surface area contributed by atoms with Gasteiger partial charge in [-0.25, -0.2) is 4.98 Å². The molecule has 0 amide bonds. The first-order valence-electron chi connectivity index (χ1n) is 15.6. The number of benzene rings is 2. The van der Waals surface area contributed by atoms with Crippen LogP contribution in [0, 0.1) is 27.7 Å². The largest absolute Gasteiger partial charge is 0.543 e. The molecule has 0 radical (unpaired) electrons. The zero-order valence-electron chi connectivity index (χ0n) is 26.2. The van der Waals surface area contributed by atoms with E-state index in [1.807, 2.05) is 0 Å². The molecule has 0 spiro atoms. The van der Waals surface area contributed by atoms with E-state index in [0.29, 0.717) is 0 Å². The number of pyridine rings is 1. The molecule has 0 N–H and O–H groups in total. The lowest BCUT2D eigenvalue weighted by Gasteiger charge is -2.39. The second-order valence-corrected chi connectivity index (χ2v) is 16.9. The lowest BCUT2D eigenvalue weighted by Crippen LogP contribution is -2.46. The summed E-state index contributed by atoms with van der Waals surface area (Å²) in [6.45, 7) is 15.2. The number of hydrogen-bond acceptors (Lipinski definition) is 4. The predicted octanol–water partition coefficient (Wildman–Crippen LogP) is 10.4. The van der Waals surface area contributed by atoms with E-state index in [2.05, 4.69) is 96.6 Å². The zero-order valence-corrected chi connectivity index (χ0v) is 27.2. The zero-order chi connectivity index (χ0) is 29.1. The van der Waals surface area contributed by atoms with Crippen LogP contribution in [0.4, 0.5) is 11.4 Å². The van der Waals surface area contributed by atoms with Crippen LogP contribution >= 0.6 is 0 Å². The van der Waals surface area contributed by atoms with E-state index in [4.69, 9.17) is 19.4 Å². The maximum absolute atomic E-state index is 7.34. The Morgan fingerprint density at radius 1 is 0.683 bits per heavy atom. The van der Waals surface area contributed by atoms with Gasteiger partial charge in [0, 0.05) is 12.1 Å². The van der Waals surface area contributed by atoms with E-state index in [1.165, 1.54) is 73.6 Å². The summed E-state index contributed by atoms with van der Waals surface area (Å²) in [5.41, 5.74) is 11.8. The van der Waals surface area contributed by atoms with Gasteiger partial charge in [0.15, 0.2) is 0 Å². The van der Waals surface area contributed by atoms with E-state index in [1.54, 1.807) is 0 Å². The van der Waals surface area contributed by atoms with Crippen molar-refractivity contribution in [3.63, 3.8) is 0 Å². The van der Waals surface area contributed by atoms with E-state index in [-0.39, 0.29) is 0 Å². The molecule has 1 heterocycles. The van der Waals surface area contributed by atoms with Crippen molar-refractivity contribution in [3.05, 3.63) is 82.2 Å². The van der Waals surface area contributed by atoms with Gasteiger partial charge in [-0.1, -0.05) is 62.1 Å². The van der Waals surface area contributed by atoms with Crippen molar-refractivity contribution in [2.24, 2.45) is 9.98 Å². The molecule has 0 atom stereocenters. The summed E-state index contributed by atoms with van der Waals surface area (Å²) in [6, 6.07) is 17.0. The highest BCUT2D eigenvalue weighted by molar-refractivity contribution is 6.76. The summed E-state index contributed by atoms with van der Waals surface area (Å²) in [7, 11) is -2.03. The number of aliphatic imine (C=N–C) groups is 2. The monoisotopic (exact) mass is 565 g/mol. The minimum atomic E-state index is -2.03. The second kappa shape index (κ2) is 12.4. The van der Waals surface area contributed by atoms with Crippen LogP contribution < -0.4 is 4.43 Å². The van der Waals surface area contributed by atoms with Crippen LogP contribution in [-0.4, -0.2) is 24.7 Å². The van der Waals surface area contributed by atoms with Gasteiger partial charge >= 0.3 is 0 Å². The standard InChI is InChI=1S/C36H47N3OSi/c1-24-14-12-15-25(2)35(24)37-28(5)33-22-30(40-41(7,31-18-8-9-19-31)32-20-10-11-21-32)23-34(39-33)29(6)38-36-26(3)16-13-17-27(36)4/h12-17,22-23,31-32H,8-11,18-21H2,1-7H3. The minimum Gasteiger partial charge on any atom is -0.543 e. The Bertz CT molecular complexity index is 1320. The molecule has 2 aromatic carbocycles. The molecular weight excluding hydrogens is 519 g/mol. The normalized spacial score (nSPS) is 17.4. The van der Waals surface area contributed by atoms with E-state index < -0.39 is 8.32 Å². The van der Waals surface area contributed by atoms with Crippen molar-refractivity contribution >= 4 is 31.1 Å². The van der Waals surface area contributed by atoms with Gasteiger partial charge in [0.25, 0.3) is 8.32 Å². The highest BCUT2D eigenvalue weighted by Crippen LogP contribution is 2.50. The molecule has 0 saturated heterocycles. The maximum atomic E-state index is 7.34. The summed E-state index contributed by atoms with van der Waals surface area (Å²) in [5.74, 6) is 0.949. The van der Waals surface area contributed by atoms with Gasteiger partial charge in [0.05, 0.1) is 34.2 Å². The molecule has 0 unspecified atom stereocenters. The average molecular weight is 566 g/mol. The van der Waals surface area contributed by atoms with Crippen LogP contribution in [0.3, 0.4) is 0 Å². The van der Waals surface area contributed by atoms with Gasteiger partial charge in [0.1, 0.15) is 5.75 Å². The van der Waals surface area contributed by atoms with E-state index in [9.17, 15) is 0 Å². The van der Waals surface area contributed by atoms with Crippen molar-refractivity contribution < 1.29 is 4.43 Å². The number of para-hydroxylation sites is 2. The Morgan fingerprint density at radius 3 is 1.41 bits per heavy atom. The number of rotatable bonds is 8. The molecule has 1 aromatic heterocycles. The second-order valence-electron chi connectivity index (χ2n) is 12.7. The Morgan fingerprint density at radius 2 is 1.05 bits per heavy atom. The summed E-state index contributed by atoms with van der Waals surface area (Å²) in [5, 5.41) is 0. The van der Waals surface area contributed by atoms with Crippen LogP contribution in [0.2, 0.25) is 17.6 Å². The van der Waals surface area contributed by atoms with Crippen LogP contribution in [0.1, 0.15) is 98.9 Å². The van der Waals surface area contributed by atoms with Gasteiger partial charge in [-0.05, 0) is 107 Å². The Balaban J connectivity index is 1.61. The van der Waals surface area contributed by atoms with E-state index in [0.717, 1.165) is 51.0 Å². The lowest BCUT2D eigenvalue weighted by atomic mass is 10.1. The first kappa shape index (κ1) is 29.4. The van der Waals surface area contributed by atoms with Crippen LogP contribution in [0.5, 0.6) is 5.75 Å². The predicted molar refractivity (Wildman–Crippen MR) is 176 cm³/mol. The number of nitrogens with zero attached hydrogens (tertiary/aromatic N) is 3. The molecule has 0 aliphatic heterocycles. The smallest absolute Gasteiger partial charge is 0.254 e. The highest BCUT2D eigenvalue weighted by atomic mass is 28.4. The molecule has 41 heavy (non-hydrogen) atoms. The number of aromatic nitrogens is 1. The molecule has 2 fully saturated rings. The average Bonchev–Trinajstić information content (AvgIpc) is 3.68. The Kier molecular flexibility index (Phi) is 8.93.